The SMILES string of the molecule is Cc1cc(NCc2cc(-c3ccc(Cl)cc3)c[nH]c2=O)n(C2CCOC(C)(C)C2)n1. The molecule has 158 valence electrons. The van der Waals surface area contributed by atoms with Crippen molar-refractivity contribution < 1.29 is 4.74 Å². The van der Waals surface area contributed by atoms with Crippen LogP contribution in [-0.4, -0.2) is 27.0 Å². The van der Waals surface area contributed by atoms with Crippen LogP contribution >= 0.6 is 11.6 Å². The second kappa shape index (κ2) is 8.28. The molecule has 30 heavy (non-hydrogen) atoms. The van der Waals surface area contributed by atoms with Crippen molar-refractivity contribution in [3.63, 3.8) is 0 Å². The van der Waals surface area contributed by atoms with Gasteiger partial charge in [-0.25, -0.2) is 4.68 Å². The monoisotopic (exact) mass is 426 g/mol. The average Bonchev–Trinajstić information content (AvgIpc) is 3.08. The topological polar surface area (TPSA) is 71.9 Å². The lowest BCUT2D eigenvalue weighted by Crippen LogP contribution is -2.35. The molecule has 1 unspecified atom stereocenters. The molecular formula is C23H27ClN4O2. The zero-order chi connectivity index (χ0) is 21.3. The standard InChI is InChI=1S/C23H27ClN4O2/c1-15-10-21(28(27-15)20-8-9-30-23(2,3)12-20)25-14-18-11-17(13-26-22(18)29)16-4-6-19(24)7-5-16/h4-7,10-11,13,20,25H,8-9,12,14H2,1-3H3,(H,26,29). The molecular weight excluding hydrogens is 400 g/mol. The molecule has 1 aliphatic rings. The van der Waals surface area contributed by atoms with E-state index in [-0.39, 0.29) is 17.2 Å². The van der Waals surface area contributed by atoms with E-state index in [1.165, 1.54) is 0 Å². The van der Waals surface area contributed by atoms with Crippen molar-refractivity contribution in [3.8, 4) is 11.1 Å². The molecule has 1 saturated heterocycles. The van der Waals surface area contributed by atoms with E-state index in [0.717, 1.165) is 42.1 Å². The van der Waals surface area contributed by atoms with Crippen LogP contribution < -0.4 is 10.9 Å². The van der Waals surface area contributed by atoms with Crippen molar-refractivity contribution >= 4 is 17.4 Å². The Bertz CT molecular complexity index is 1090. The summed E-state index contributed by atoms with van der Waals surface area (Å²) in [6.07, 6.45) is 3.55. The summed E-state index contributed by atoms with van der Waals surface area (Å²) in [5.41, 5.74) is 3.30. The molecule has 2 N–H and O–H groups in total. The summed E-state index contributed by atoms with van der Waals surface area (Å²) in [4.78, 5) is 15.2. The Labute approximate surface area is 181 Å². The number of H-pyrrole nitrogens is 1. The first-order valence-corrected chi connectivity index (χ1v) is 10.6. The van der Waals surface area contributed by atoms with Crippen LogP contribution in [0.15, 0.2) is 47.4 Å². The Morgan fingerprint density at radius 2 is 2.03 bits per heavy atom. The van der Waals surface area contributed by atoms with E-state index in [2.05, 4.69) is 28.8 Å². The number of aromatic amines is 1. The van der Waals surface area contributed by atoms with Gasteiger partial charge in [-0.05, 0) is 62.9 Å². The molecule has 1 aliphatic heterocycles. The number of benzene rings is 1. The lowest BCUT2D eigenvalue weighted by Gasteiger charge is -2.36. The van der Waals surface area contributed by atoms with Crippen LogP contribution in [0.3, 0.4) is 0 Å². The fraction of sp³-hybridized carbons (Fsp3) is 0.391. The highest BCUT2D eigenvalue weighted by Gasteiger charge is 2.31. The van der Waals surface area contributed by atoms with E-state index >= 15 is 0 Å². The summed E-state index contributed by atoms with van der Waals surface area (Å²) in [6, 6.07) is 11.8. The van der Waals surface area contributed by atoms with Crippen LogP contribution in [0.5, 0.6) is 0 Å². The number of nitrogens with one attached hydrogen (secondary N) is 2. The van der Waals surface area contributed by atoms with Crippen molar-refractivity contribution in [2.24, 2.45) is 0 Å². The number of nitrogens with zero attached hydrogens (tertiary/aromatic N) is 2. The number of rotatable bonds is 5. The Morgan fingerprint density at radius 3 is 2.77 bits per heavy atom. The van der Waals surface area contributed by atoms with Crippen LogP contribution in [-0.2, 0) is 11.3 Å². The van der Waals surface area contributed by atoms with Crippen LogP contribution in [0.25, 0.3) is 11.1 Å². The Kier molecular flexibility index (Phi) is 5.71. The van der Waals surface area contributed by atoms with E-state index < -0.39 is 0 Å². The minimum absolute atomic E-state index is 0.102. The molecule has 3 heterocycles. The molecule has 0 spiro atoms. The van der Waals surface area contributed by atoms with Gasteiger partial charge in [-0.15, -0.1) is 0 Å². The van der Waals surface area contributed by atoms with Crippen LogP contribution in [0.2, 0.25) is 5.02 Å². The van der Waals surface area contributed by atoms with E-state index in [0.29, 0.717) is 17.1 Å². The first kappa shape index (κ1) is 20.7. The van der Waals surface area contributed by atoms with Crippen molar-refractivity contribution in [1.82, 2.24) is 14.8 Å². The molecule has 0 saturated carbocycles. The van der Waals surface area contributed by atoms with Crippen LogP contribution in [0.4, 0.5) is 5.82 Å². The number of pyridine rings is 1. The van der Waals surface area contributed by atoms with E-state index in [1.54, 1.807) is 6.20 Å². The van der Waals surface area contributed by atoms with Gasteiger partial charge in [0.05, 0.1) is 17.3 Å². The lowest BCUT2D eigenvalue weighted by atomic mass is 9.94. The van der Waals surface area contributed by atoms with Gasteiger partial charge in [0.2, 0.25) is 0 Å². The molecule has 7 heteroatoms. The van der Waals surface area contributed by atoms with Gasteiger partial charge in [0, 0.05) is 36.0 Å². The minimum Gasteiger partial charge on any atom is -0.375 e. The Hall–Kier alpha value is -2.57. The van der Waals surface area contributed by atoms with Crippen molar-refractivity contribution in [2.75, 3.05) is 11.9 Å². The molecule has 0 aliphatic carbocycles. The maximum absolute atomic E-state index is 12.4. The van der Waals surface area contributed by atoms with Crippen molar-refractivity contribution in [1.29, 1.82) is 0 Å². The van der Waals surface area contributed by atoms with Gasteiger partial charge < -0.3 is 15.0 Å². The second-order valence-corrected chi connectivity index (χ2v) is 8.91. The van der Waals surface area contributed by atoms with Gasteiger partial charge in [-0.3, -0.25) is 4.79 Å². The summed E-state index contributed by atoms with van der Waals surface area (Å²) in [5, 5.41) is 8.82. The zero-order valence-electron chi connectivity index (χ0n) is 17.5. The highest BCUT2D eigenvalue weighted by atomic mass is 35.5. The summed E-state index contributed by atoms with van der Waals surface area (Å²) in [7, 11) is 0. The molecule has 1 aromatic carbocycles. The summed E-state index contributed by atoms with van der Waals surface area (Å²) < 4.78 is 7.91. The quantitative estimate of drug-likeness (QED) is 0.606. The van der Waals surface area contributed by atoms with Gasteiger partial charge in [0.1, 0.15) is 5.82 Å². The molecule has 0 amide bonds. The van der Waals surface area contributed by atoms with Gasteiger partial charge in [0.25, 0.3) is 5.56 Å². The van der Waals surface area contributed by atoms with Crippen molar-refractivity contribution in [2.45, 2.75) is 51.8 Å². The Morgan fingerprint density at radius 1 is 1.27 bits per heavy atom. The molecule has 0 radical (unpaired) electrons. The third kappa shape index (κ3) is 4.60. The number of aromatic nitrogens is 3. The molecule has 3 aromatic rings. The summed E-state index contributed by atoms with van der Waals surface area (Å²) in [5.74, 6) is 0.923. The second-order valence-electron chi connectivity index (χ2n) is 8.47. The highest BCUT2D eigenvalue weighted by molar-refractivity contribution is 6.30. The predicted octanol–water partition coefficient (Wildman–Crippen LogP) is 4.94. The van der Waals surface area contributed by atoms with E-state index in [1.807, 2.05) is 43.3 Å². The molecule has 2 aromatic heterocycles. The highest BCUT2D eigenvalue weighted by Crippen LogP contribution is 2.34. The number of halogens is 1. The first-order chi connectivity index (χ1) is 14.3. The molecule has 6 nitrogen and oxygen atoms in total. The number of anilines is 1. The maximum Gasteiger partial charge on any atom is 0.252 e. The van der Waals surface area contributed by atoms with Crippen LogP contribution in [0, 0.1) is 6.92 Å². The van der Waals surface area contributed by atoms with Gasteiger partial charge in [-0.1, -0.05) is 23.7 Å². The Balaban J connectivity index is 1.55. The summed E-state index contributed by atoms with van der Waals surface area (Å²) >= 11 is 5.99. The largest absolute Gasteiger partial charge is 0.375 e. The number of aryl methyl sites for hydroxylation is 1. The lowest BCUT2D eigenvalue weighted by molar-refractivity contribution is -0.0705. The average molecular weight is 427 g/mol. The summed E-state index contributed by atoms with van der Waals surface area (Å²) in [6.45, 7) is 7.35. The molecule has 0 bridgehead atoms. The van der Waals surface area contributed by atoms with E-state index in [9.17, 15) is 4.79 Å². The first-order valence-electron chi connectivity index (χ1n) is 10.2. The third-order valence-corrected chi connectivity index (χ3v) is 5.74. The zero-order valence-corrected chi connectivity index (χ0v) is 18.3. The number of ether oxygens (including phenoxy) is 1. The smallest absolute Gasteiger partial charge is 0.252 e. The number of hydrogen-bond acceptors (Lipinski definition) is 4. The van der Waals surface area contributed by atoms with E-state index in [4.69, 9.17) is 21.4 Å². The normalized spacial score (nSPS) is 18.3. The fourth-order valence-corrected chi connectivity index (χ4v) is 4.12. The molecule has 1 atom stereocenters. The van der Waals surface area contributed by atoms with Gasteiger partial charge >= 0.3 is 0 Å². The van der Waals surface area contributed by atoms with Gasteiger partial charge in [0.15, 0.2) is 0 Å². The maximum atomic E-state index is 12.4. The van der Waals surface area contributed by atoms with Gasteiger partial charge in [-0.2, -0.15) is 5.10 Å². The van der Waals surface area contributed by atoms with Crippen LogP contribution in [0.1, 0.15) is 44.0 Å². The number of hydrogen-bond donors (Lipinski definition) is 2. The predicted molar refractivity (Wildman–Crippen MR) is 120 cm³/mol. The minimum atomic E-state index is -0.163. The van der Waals surface area contributed by atoms with Crippen molar-refractivity contribution in [3.05, 3.63) is 69.2 Å². The fourth-order valence-electron chi connectivity index (χ4n) is 3.99. The molecule has 1 fully saturated rings. The third-order valence-electron chi connectivity index (χ3n) is 5.49. The molecule has 4 rings (SSSR count).